The molecule has 2 aromatic rings. The maximum Gasteiger partial charge on any atom is 0.275 e. The van der Waals surface area contributed by atoms with Crippen LogP contribution in [-0.2, 0) is 0 Å². The van der Waals surface area contributed by atoms with E-state index in [1.165, 1.54) is 12.1 Å². The summed E-state index contributed by atoms with van der Waals surface area (Å²) in [5.41, 5.74) is 1.04. The summed E-state index contributed by atoms with van der Waals surface area (Å²) in [5, 5.41) is 3.72. The normalized spacial score (nSPS) is 15.6. The zero-order valence-corrected chi connectivity index (χ0v) is 15.6. The van der Waals surface area contributed by atoms with E-state index < -0.39 is 0 Å². The van der Waals surface area contributed by atoms with Crippen molar-refractivity contribution in [1.82, 2.24) is 9.88 Å². The van der Waals surface area contributed by atoms with Gasteiger partial charge in [0.05, 0.1) is 0 Å². The summed E-state index contributed by atoms with van der Waals surface area (Å²) in [4.78, 5) is 22.8. The number of nitrogens with one attached hydrogen (secondary N) is 1. The highest BCUT2D eigenvalue weighted by atomic mass is 32.1. The Labute approximate surface area is 151 Å². The average molecular weight is 362 g/mol. The molecule has 1 aliphatic rings. The lowest BCUT2D eigenvalue weighted by Gasteiger charge is -2.32. The molecule has 1 aromatic carbocycles. The van der Waals surface area contributed by atoms with E-state index in [0.29, 0.717) is 11.4 Å². The maximum absolute atomic E-state index is 13.0. The van der Waals surface area contributed by atoms with Gasteiger partial charge in [-0.3, -0.25) is 4.79 Å². The van der Waals surface area contributed by atoms with E-state index in [-0.39, 0.29) is 17.6 Å². The molecule has 0 spiro atoms. The van der Waals surface area contributed by atoms with E-state index >= 15 is 0 Å². The number of hydrogen-bond acceptors (Lipinski definition) is 5. The van der Waals surface area contributed by atoms with Crippen LogP contribution < -0.4 is 10.2 Å². The van der Waals surface area contributed by atoms with Gasteiger partial charge in [-0.25, -0.2) is 9.37 Å². The molecule has 0 unspecified atom stereocenters. The van der Waals surface area contributed by atoms with Crippen LogP contribution in [0, 0.1) is 5.82 Å². The fraction of sp³-hybridized carbons (Fsp3) is 0.444. The fourth-order valence-corrected chi connectivity index (χ4v) is 3.85. The number of amides is 1. The second-order valence-electron chi connectivity index (χ2n) is 6.62. The molecular formula is C18H23FN4OS. The number of carbonyl (C=O) groups excluding carboxylic acids is 1. The number of nitrogens with zero attached hydrogens (tertiary/aromatic N) is 3. The molecule has 1 saturated heterocycles. The van der Waals surface area contributed by atoms with Gasteiger partial charge < -0.3 is 15.1 Å². The quantitative estimate of drug-likeness (QED) is 0.906. The lowest BCUT2D eigenvalue weighted by atomic mass is 10.1. The highest BCUT2D eigenvalue weighted by Gasteiger charge is 2.24. The number of halogens is 1. The van der Waals surface area contributed by atoms with Crippen LogP contribution in [0.25, 0.3) is 0 Å². The number of piperazine rings is 1. The summed E-state index contributed by atoms with van der Waals surface area (Å²) in [6, 6.07) is 5.76. The van der Waals surface area contributed by atoms with Crippen LogP contribution >= 0.6 is 11.3 Å². The molecule has 1 aliphatic heterocycles. The molecule has 1 amide bonds. The maximum atomic E-state index is 13.0. The topological polar surface area (TPSA) is 48.5 Å². The Balaban J connectivity index is 1.81. The summed E-state index contributed by atoms with van der Waals surface area (Å²) in [7, 11) is 2.11. The minimum atomic E-state index is -0.327. The Bertz CT molecular complexity index is 736. The van der Waals surface area contributed by atoms with Crippen molar-refractivity contribution in [2.24, 2.45) is 0 Å². The highest BCUT2D eigenvalue weighted by Crippen LogP contribution is 2.33. The summed E-state index contributed by atoms with van der Waals surface area (Å²) < 4.78 is 13.0. The molecule has 0 bridgehead atoms. The molecule has 5 nitrogen and oxygen atoms in total. The van der Waals surface area contributed by atoms with Crippen molar-refractivity contribution >= 4 is 28.1 Å². The third kappa shape index (κ3) is 4.16. The smallest absolute Gasteiger partial charge is 0.275 e. The SMILES string of the molecule is CC(C)c1sc(N2CCN(C)CC2)nc1C(=O)Nc1ccc(F)cc1. The van der Waals surface area contributed by atoms with Crippen LogP contribution in [0.1, 0.15) is 35.1 Å². The van der Waals surface area contributed by atoms with Crippen molar-refractivity contribution in [3.05, 3.63) is 40.7 Å². The summed E-state index contributed by atoms with van der Waals surface area (Å²) in [6.07, 6.45) is 0. The molecule has 0 atom stereocenters. The van der Waals surface area contributed by atoms with Crippen LogP contribution in [0.15, 0.2) is 24.3 Å². The van der Waals surface area contributed by atoms with Gasteiger partial charge in [0.25, 0.3) is 5.91 Å². The molecule has 0 aliphatic carbocycles. The van der Waals surface area contributed by atoms with Gasteiger partial charge in [0.15, 0.2) is 5.13 Å². The zero-order chi connectivity index (χ0) is 18.0. The molecule has 1 N–H and O–H groups in total. The number of anilines is 2. The Hall–Kier alpha value is -1.99. The molecule has 1 aromatic heterocycles. The van der Waals surface area contributed by atoms with E-state index in [0.717, 1.165) is 36.2 Å². The van der Waals surface area contributed by atoms with Gasteiger partial charge in [-0.05, 0) is 37.2 Å². The Morgan fingerprint density at radius 3 is 2.44 bits per heavy atom. The summed E-state index contributed by atoms with van der Waals surface area (Å²) in [6.45, 7) is 7.95. The minimum Gasteiger partial charge on any atom is -0.346 e. The van der Waals surface area contributed by atoms with Gasteiger partial charge in [-0.2, -0.15) is 0 Å². The molecule has 25 heavy (non-hydrogen) atoms. The number of rotatable bonds is 4. The molecule has 1 fully saturated rings. The van der Waals surface area contributed by atoms with Crippen molar-refractivity contribution < 1.29 is 9.18 Å². The van der Waals surface area contributed by atoms with Gasteiger partial charge in [-0.15, -0.1) is 11.3 Å². The predicted octanol–water partition coefficient (Wildman–Crippen LogP) is 3.41. The van der Waals surface area contributed by atoms with Crippen LogP contribution in [0.3, 0.4) is 0 Å². The van der Waals surface area contributed by atoms with Gasteiger partial charge >= 0.3 is 0 Å². The molecule has 2 heterocycles. The lowest BCUT2D eigenvalue weighted by molar-refractivity contribution is 0.102. The van der Waals surface area contributed by atoms with E-state index in [1.54, 1.807) is 23.5 Å². The van der Waals surface area contributed by atoms with E-state index in [2.05, 4.69) is 41.0 Å². The largest absolute Gasteiger partial charge is 0.346 e. The number of carbonyl (C=O) groups is 1. The van der Waals surface area contributed by atoms with E-state index in [4.69, 9.17) is 0 Å². The van der Waals surface area contributed by atoms with Crippen molar-refractivity contribution in [2.45, 2.75) is 19.8 Å². The molecule has 134 valence electrons. The third-order valence-corrected chi connectivity index (χ3v) is 5.67. The predicted molar refractivity (Wildman–Crippen MR) is 100 cm³/mol. The minimum absolute atomic E-state index is 0.215. The fourth-order valence-electron chi connectivity index (χ4n) is 2.73. The van der Waals surface area contributed by atoms with E-state index in [9.17, 15) is 9.18 Å². The van der Waals surface area contributed by atoms with Crippen LogP contribution in [0.2, 0.25) is 0 Å². The Morgan fingerprint density at radius 1 is 1.20 bits per heavy atom. The van der Waals surface area contributed by atoms with Crippen LogP contribution in [-0.4, -0.2) is 49.0 Å². The highest BCUT2D eigenvalue weighted by molar-refractivity contribution is 7.16. The van der Waals surface area contributed by atoms with Crippen molar-refractivity contribution in [1.29, 1.82) is 0 Å². The molecule has 0 radical (unpaired) electrons. The monoisotopic (exact) mass is 362 g/mol. The number of benzene rings is 1. The van der Waals surface area contributed by atoms with Gasteiger partial charge in [-0.1, -0.05) is 13.8 Å². The second kappa shape index (κ2) is 7.49. The standard InChI is InChI=1S/C18H23FN4OS/c1-12(2)16-15(17(24)20-14-6-4-13(19)5-7-14)21-18(25-16)23-10-8-22(3)9-11-23/h4-7,12H,8-11H2,1-3H3,(H,20,24). The van der Waals surface area contributed by atoms with Gasteiger partial charge in [0.1, 0.15) is 11.5 Å². The zero-order valence-electron chi connectivity index (χ0n) is 14.8. The molecule has 0 saturated carbocycles. The van der Waals surface area contributed by atoms with Crippen molar-refractivity contribution in [2.75, 3.05) is 43.4 Å². The summed E-state index contributed by atoms with van der Waals surface area (Å²) in [5.74, 6) is -0.355. The molecule has 3 rings (SSSR count). The molecular weight excluding hydrogens is 339 g/mol. The third-order valence-electron chi connectivity index (χ3n) is 4.26. The van der Waals surface area contributed by atoms with Crippen molar-refractivity contribution in [3.63, 3.8) is 0 Å². The summed E-state index contributed by atoms with van der Waals surface area (Å²) >= 11 is 1.59. The van der Waals surface area contributed by atoms with Crippen LogP contribution in [0.5, 0.6) is 0 Å². The lowest BCUT2D eigenvalue weighted by Crippen LogP contribution is -2.44. The number of thiazole rings is 1. The average Bonchev–Trinajstić information content (AvgIpc) is 3.03. The first-order valence-electron chi connectivity index (χ1n) is 8.45. The van der Waals surface area contributed by atoms with Crippen molar-refractivity contribution in [3.8, 4) is 0 Å². The number of hydrogen-bond donors (Lipinski definition) is 1. The number of aromatic nitrogens is 1. The number of likely N-dealkylation sites (N-methyl/N-ethyl adjacent to an activating group) is 1. The second-order valence-corrected chi connectivity index (χ2v) is 7.62. The van der Waals surface area contributed by atoms with Crippen LogP contribution in [0.4, 0.5) is 15.2 Å². The Morgan fingerprint density at radius 2 is 1.84 bits per heavy atom. The first-order chi connectivity index (χ1) is 11.9. The first-order valence-corrected chi connectivity index (χ1v) is 9.27. The van der Waals surface area contributed by atoms with Gasteiger partial charge in [0, 0.05) is 36.7 Å². The van der Waals surface area contributed by atoms with Gasteiger partial charge in [0.2, 0.25) is 0 Å². The first kappa shape index (κ1) is 17.8. The Kier molecular flexibility index (Phi) is 5.34. The van der Waals surface area contributed by atoms with E-state index in [1.807, 2.05) is 0 Å². The molecule has 7 heteroatoms.